The lowest BCUT2D eigenvalue weighted by Crippen LogP contribution is -2.34. The summed E-state index contributed by atoms with van der Waals surface area (Å²) in [4.78, 5) is 6.77. The topological polar surface area (TPSA) is 45.5 Å². The van der Waals surface area contributed by atoms with Crippen LogP contribution in [0.4, 0.5) is 14.5 Å². The summed E-state index contributed by atoms with van der Waals surface area (Å²) >= 11 is 0. The molecule has 0 amide bonds. The summed E-state index contributed by atoms with van der Waals surface area (Å²) in [6, 6.07) is 6.18. The zero-order chi connectivity index (χ0) is 19.0. The van der Waals surface area contributed by atoms with Crippen molar-refractivity contribution >= 4 is 36.1 Å². The molecule has 2 aromatic heterocycles. The van der Waals surface area contributed by atoms with Gasteiger partial charge in [-0.3, -0.25) is 4.90 Å². The van der Waals surface area contributed by atoms with Gasteiger partial charge in [0, 0.05) is 32.3 Å². The van der Waals surface area contributed by atoms with Gasteiger partial charge in [0.15, 0.2) is 17.3 Å². The van der Waals surface area contributed by atoms with Gasteiger partial charge in [-0.25, -0.2) is 18.3 Å². The fraction of sp³-hybridized carbons (Fsp3) is 0.400. The average molecular weight is 444 g/mol. The van der Waals surface area contributed by atoms with Gasteiger partial charge >= 0.3 is 0 Å². The van der Waals surface area contributed by atoms with Crippen LogP contribution in [0.15, 0.2) is 30.5 Å². The Balaban J connectivity index is 0.00000150. The molecule has 3 aromatic rings. The smallest absolute Gasteiger partial charge is 0.179 e. The number of hydrogen-bond acceptors (Lipinski definition) is 4. The largest absolute Gasteiger partial charge is 0.384 e. The number of likely N-dealkylation sites (tertiary alicyclic amines) is 1. The zero-order valence-electron chi connectivity index (χ0n) is 16.4. The standard InChI is InChI=1S/C20H23F2N5.2ClH/c1-13-19(23-2)20-24-8-7-18(27(20)25-13)15-4-3-9-26(12-15)11-14-5-6-16(21)17(22)10-14;;/h5-8,10,15,23H,3-4,9,11-12H2,1-2H3;2*1H/t15-;;/m0../s1. The molecule has 5 nitrogen and oxygen atoms in total. The van der Waals surface area contributed by atoms with Crippen LogP contribution in [0.5, 0.6) is 0 Å². The molecular weight excluding hydrogens is 419 g/mol. The van der Waals surface area contributed by atoms with E-state index in [4.69, 9.17) is 0 Å². The minimum Gasteiger partial charge on any atom is -0.384 e. The molecule has 0 saturated carbocycles. The first kappa shape index (κ1) is 23.3. The van der Waals surface area contributed by atoms with Crippen LogP contribution in [-0.2, 0) is 6.54 Å². The Hall–Kier alpha value is -1.96. The first-order valence-electron chi connectivity index (χ1n) is 9.25. The van der Waals surface area contributed by atoms with Crippen molar-refractivity contribution in [2.75, 3.05) is 25.5 Å². The Labute approximate surface area is 181 Å². The van der Waals surface area contributed by atoms with Gasteiger partial charge in [-0.05, 0) is 50.1 Å². The molecule has 1 fully saturated rings. The molecule has 1 atom stereocenters. The van der Waals surface area contributed by atoms with E-state index in [1.165, 1.54) is 12.1 Å². The highest BCUT2D eigenvalue weighted by molar-refractivity contribution is 5.85. The van der Waals surface area contributed by atoms with E-state index >= 15 is 0 Å². The molecular formula is C20H25Cl2F2N5. The second-order valence-electron chi connectivity index (χ2n) is 7.14. The summed E-state index contributed by atoms with van der Waals surface area (Å²) in [5.41, 5.74) is 4.64. The summed E-state index contributed by atoms with van der Waals surface area (Å²) in [7, 11) is 1.88. The first-order valence-corrected chi connectivity index (χ1v) is 9.25. The highest BCUT2D eigenvalue weighted by atomic mass is 35.5. The van der Waals surface area contributed by atoms with E-state index in [1.54, 1.807) is 6.07 Å². The Morgan fingerprint density at radius 3 is 2.69 bits per heavy atom. The Morgan fingerprint density at radius 1 is 1.17 bits per heavy atom. The van der Waals surface area contributed by atoms with Crippen LogP contribution in [0, 0.1) is 18.6 Å². The SMILES string of the molecule is CNc1c(C)nn2c([C@H]3CCCN(Cc4ccc(F)c(F)c4)C3)ccnc12.Cl.Cl. The van der Waals surface area contributed by atoms with E-state index in [0.717, 1.165) is 54.2 Å². The molecule has 0 aliphatic carbocycles. The monoisotopic (exact) mass is 443 g/mol. The van der Waals surface area contributed by atoms with Crippen molar-refractivity contribution in [2.45, 2.75) is 32.2 Å². The van der Waals surface area contributed by atoms with Crippen LogP contribution in [0.3, 0.4) is 0 Å². The number of aryl methyl sites for hydroxylation is 1. The van der Waals surface area contributed by atoms with Crippen molar-refractivity contribution < 1.29 is 8.78 Å². The molecule has 0 radical (unpaired) electrons. The number of aromatic nitrogens is 3. The van der Waals surface area contributed by atoms with Crippen molar-refractivity contribution in [3.63, 3.8) is 0 Å². The van der Waals surface area contributed by atoms with Gasteiger partial charge in [-0.15, -0.1) is 24.8 Å². The molecule has 1 saturated heterocycles. The molecule has 0 bridgehead atoms. The number of halogens is 4. The van der Waals surface area contributed by atoms with E-state index in [9.17, 15) is 8.78 Å². The first-order chi connectivity index (χ1) is 13.1. The van der Waals surface area contributed by atoms with Crippen molar-refractivity contribution in [1.82, 2.24) is 19.5 Å². The molecule has 0 unspecified atom stereocenters. The summed E-state index contributed by atoms with van der Waals surface area (Å²) in [5, 5.41) is 7.85. The number of nitrogens with zero attached hydrogens (tertiary/aromatic N) is 4. The van der Waals surface area contributed by atoms with Gasteiger partial charge in [0.05, 0.1) is 11.4 Å². The third-order valence-corrected chi connectivity index (χ3v) is 5.29. The van der Waals surface area contributed by atoms with Gasteiger partial charge in [0.25, 0.3) is 0 Å². The number of nitrogens with one attached hydrogen (secondary N) is 1. The van der Waals surface area contributed by atoms with Crippen LogP contribution in [0.25, 0.3) is 5.65 Å². The van der Waals surface area contributed by atoms with Crippen molar-refractivity contribution in [3.8, 4) is 0 Å². The summed E-state index contributed by atoms with van der Waals surface area (Å²) < 4.78 is 28.6. The molecule has 3 heterocycles. The quantitative estimate of drug-likeness (QED) is 0.640. The van der Waals surface area contributed by atoms with E-state index in [2.05, 4.69) is 20.3 Å². The average Bonchev–Trinajstić information content (AvgIpc) is 3.00. The number of fused-ring (bicyclic) bond motifs is 1. The van der Waals surface area contributed by atoms with E-state index in [-0.39, 0.29) is 24.8 Å². The van der Waals surface area contributed by atoms with Crippen molar-refractivity contribution in [3.05, 3.63) is 59.0 Å². The third kappa shape index (κ3) is 4.63. The van der Waals surface area contributed by atoms with Gasteiger partial charge in [-0.1, -0.05) is 6.07 Å². The Kier molecular flexibility index (Phi) is 7.80. The van der Waals surface area contributed by atoms with Crippen molar-refractivity contribution in [1.29, 1.82) is 0 Å². The predicted molar refractivity (Wildman–Crippen MR) is 115 cm³/mol. The van der Waals surface area contributed by atoms with Gasteiger partial charge < -0.3 is 5.32 Å². The summed E-state index contributed by atoms with van der Waals surface area (Å²) in [5.74, 6) is -1.27. The lowest BCUT2D eigenvalue weighted by molar-refractivity contribution is 0.197. The van der Waals surface area contributed by atoms with E-state index in [1.807, 2.05) is 30.8 Å². The molecule has 29 heavy (non-hydrogen) atoms. The van der Waals surface area contributed by atoms with E-state index in [0.29, 0.717) is 12.5 Å². The molecule has 0 spiro atoms. The molecule has 158 valence electrons. The van der Waals surface area contributed by atoms with Gasteiger partial charge in [0.1, 0.15) is 5.69 Å². The van der Waals surface area contributed by atoms with Gasteiger partial charge in [0.2, 0.25) is 0 Å². The fourth-order valence-electron chi connectivity index (χ4n) is 4.01. The van der Waals surface area contributed by atoms with Crippen LogP contribution < -0.4 is 5.32 Å². The Morgan fingerprint density at radius 2 is 1.97 bits per heavy atom. The molecule has 4 rings (SSSR count). The third-order valence-electron chi connectivity index (χ3n) is 5.29. The molecule has 9 heteroatoms. The molecule has 1 aliphatic heterocycles. The highest BCUT2D eigenvalue weighted by Gasteiger charge is 2.25. The van der Waals surface area contributed by atoms with E-state index < -0.39 is 11.6 Å². The van der Waals surface area contributed by atoms with Crippen LogP contribution >= 0.6 is 24.8 Å². The number of anilines is 1. The minimum absolute atomic E-state index is 0. The predicted octanol–water partition coefficient (Wildman–Crippen LogP) is 4.58. The number of benzene rings is 1. The lowest BCUT2D eigenvalue weighted by atomic mass is 9.94. The maximum atomic E-state index is 13.5. The Bertz CT molecular complexity index is 979. The summed E-state index contributed by atoms with van der Waals surface area (Å²) in [6.07, 6.45) is 3.96. The molecule has 1 N–H and O–H groups in total. The maximum absolute atomic E-state index is 13.5. The van der Waals surface area contributed by atoms with Crippen LogP contribution in [-0.4, -0.2) is 39.6 Å². The lowest BCUT2D eigenvalue weighted by Gasteiger charge is -2.33. The van der Waals surface area contributed by atoms with Crippen LogP contribution in [0.1, 0.15) is 35.7 Å². The maximum Gasteiger partial charge on any atom is 0.179 e. The highest BCUT2D eigenvalue weighted by Crippen LogP contribution is 2.30. The summed E-state index contributed by atoms with van der Waals surface area (Å²) in [6.45, 7) is 4.39. The number of piperidine rings is 1. The number of hydrogen-bond donors (Lipinski definition) is 1. The van der Waals surface area contributed by atoms with Crippen molar-refractivity contribution in [2.24, 2.45) is 0 Å². The second kappa shape index (κ2) is 9.69. The fourth-order valence-corrected chi connectivity index (χ4v) is 4.01. The molecule has 1 aliphatic rings. The normalized spacial score (nSPS) is 16.9. The number of rotatable bonds is 4. The minimum atomic E-state index is -0.802. The molecule has 1 aromatic carbocycles. The second-order valence-corrected chi connectivity index (χ2v) is 7.14. The van der Waals surface area contributed by atoms with Crippen LogP contribution in [0.2, 0.25) is 0 Å². The zero-order valence-corrected chi connectivity index (χ0v) is 18.0. The van der Waals surface area contributed by atoms with Gasteiger partial charge in [-0.2, -0.15) is 5.10 Å².